The second-order valence-corrected chi connectivity index (χ2v) is 15.2. The number of ether oxygens (including phenoxy) is 1. The molecule has 7 atom stereocenters. The van der Waals surface area contributed by atoms with Gasteiger partial charge in [-0.25, -0.2) is 17.5 Å². The molecule has 13 heteroatoms. The van der Waals surface area contributed by atoms with E-state index in [4.69, 9.17) is 4.74 Å². The van der Waals surface area contributed by atoms with Crippen LogP contribution in [0.5, 0.6) is 0 Å². The fourth-order valence-electron chi connectivity index (χ4n) is 6.64. The number of benzene rings is 1. The van der Waals surface area contributed by atoms with Crippen molar-refractivity contribution >= 4 is 27.9 Å². The highest BCUT2D eigenvalue weighted by Gasteiger charge is 2.56. The first kappa shape index (κ1) is 30.3. The highest BCUT2D eigenvalue weighted by molar-refractivity contribution is 7.89. The number of carbonyl (C=O) groups excluding carboxylic acids is 3. The number of likely N-dealkylation sites (tertiary alicyclic amines) is 3. The smallest absolute Gasteiger partial charge is 0.408 e. The molecular weight excluding hydrogens is 560 g/mol. The number of hydrogen-bond acceptors (Lipinski definition) is 8. The van der Waals surface area contributed by atoms with Crippen LogP contribution in [-0.2, 0) is 24.3 Å². The number of nitrogens with one attached hydrogen (secondary N) is 1. The van der Waals surface area contributed by atoms with E-state index in [0.717, 1.165) is 16.3 Å². The Kier molecular flexibility index (Phi) is 7.79. The second kappa shape index (κ2) is 10.8. The van der Waals surface area contributed by atoms with Gasteiger partial charge in [0.05, 0.1) is 23.0 Å². The molecule has 0 unspecified atom stereocenters. The summed E-state index contributed by atoms with van der Waals surface area (Å²) >= 11 is 0. The Morgan fingerprint density at radius 3 is 2.55 bits per heavy atom. The molecule has 3 saturated heterocycles. The van der Waals surface area contributed by atoms with Gasteiger partial charge in [0.25, 0.3) is 0 Å². The van der Waals surface area contributed by atoms with Crippen molar-refractivity contribution in [3.05, 3.63) is 29.8 Å². The summed E-state index contributed by atoms with van der Waals surface area (Å²) in [6, 6.07) is 6.47. The van der Waals surface area contributed by atoms with Gasteiger partial charge in [0.2, 0.25) is 21.8 Å². The molecule has 1 N–H and O–H groups in total. The Hall–Kier alpha value is -3.21. The molecule has 1 aromatic carbocycles. The van der Waals surface area contributed by atoms with Crippen molar-refractivity contribution < 1.29 is 27.5 Å². The maximum atomic E-state index is 13.8. The molecular formula is C29H40N6O6S. The summed E-state index contributed by atoms with van der Waals surface area (Å²) < 4.78 is 32.0. The molecule has 1 saturated carbocycles. The predicted molar refractivity (Wildman–Crippen MR) is 152 cm³/mol. The lowest BCUT2D eigenvalue weighted by atomic mass is 10.1. The Morgan fingerprint density at radius 2 is 1.93 bits per heavy atom. The van der Waals surface area contributed by atoms with Gasteiger partial charge in [-0.15, -0.1) is 0 Å². The number of amides is 3. The van der Waals surface area contributed by atoms with E-state index in [1.165, 1.54) is 14.1 Å². The first-order valence-electron chi connectivity index (χ1n) is 14.4. The van der Waals surface area contributed by atoms with Crippen LogP contribution >= 0.6 is 0 Å². The topological polar surface area (TPSA) is 143 Å². The van der Waals surface area contributed by atoms with E-state index < -0.39 is 39.8 Å². The Labute approximate surface area is 247 Å². The first-order valence-corrected chi connectivity index (χ1v) is 15.9. The van der Waals surface area contributed by atoms with E-state index in [9.17, 15) is 28.1 Å². The quantitative estimate of drug-likeness (QED) is 0.475. The second-order valence-electron chi connectivity index (χ2n) is 13.0. The highest BCUT2D eigenvalue weighted by Crippen LogP contribution is 2.48. The summed E-state index contributed by atoms with van der Waals surface area (Å²) in [5, 5.41) is 12.4. The van der Waals surface area contributed by atoms with Crippen molar-refractivity contribution in [2.24, 2.45) is 5.92 Å². The van der Waals surface area contributed by atoms with Crippen LogP contribution in [0.1, 0.15) is 58.6 Å². The fraction of sp³-hybridized carbons (Fsp3) is 0.655. The van der Waals surface area contributed by atoms with Crippen LogP contribution in [-0.4, -0.2) is 108 Å². The molecule has 1 aromatic rings. The van der Waals surface area contributed by atoms with E-state index in [0.29, 0.717) is 25.3 Å². The molecule has 42 heavy (non-hydrogen) atoms. The van der Waals surface area contributed by atoms with Gasteiger partial charge in [-0.3, -0.25) is 14.5 Å². The van der Waals surface area contributed by atoms with Crippen molar-refractivity contribution in [1.29, 1.82) is 5.26 Å². The van der Waals surface area contributed by atoms with E-state index in [2.05, 4.69) is 11.4 Å². The van der Waals surface area contributed by atoms with Crippen LogP contribution in [0.2, 0.25) is 0 Å². The number of carbonyl (C=O) groups is 3. The SMILES string of the molecule is C[C@H](c1cccc(S(=O)(=O)N(C)C)c1)N1C(=O)[C@@H]2C[C@H]1CN2C[C@H](NC(=O)OC(C)(C)C)C(=O)N1[C@H](C#N)C[C@@H]2C[C@@H]21. The number of sulfonamides is 1. The Balaban J connectivity index is 1.32. The highest BCUT2D eigenvalue weighted by atomic mass is 32.2. The molecule has 0 radical (unpaired) electrons. The van der Waals surface area contributed by atoms with E-state index in [1.54, 1.807) is 43.9 Å². The number of alkyl carbamates (subject to hydrolysis) is 1. The zero-order valence-corrected chi connectivity index (χ0v) is 25.8. The molecule has 3 aliphatic heterocycles. The lowest BCUT2D eigenvalue weighted by Gasteiger charge is -2.39. The summed E-state index contributed by atoms with van der Waals surface area (Å²) in [6.45, 7) is 7.74. The minimum Gasteiger partial charge on any atom is -0.444 e. The number of piperidine rings is 1. The fourth-order valence-corrected chi connectivity index (χ4v) is 7.60. The molecule has 3 amide bonds. The molecule has 0 aromatic heterocycles. The van der Waals surface area contributed by atoms with Gasteiger partial charge < -0.3 is 19.9 Å². The summed E-state index contributed by atoms with van der Waals surface area (Å²) in [4.78, 5) is 45.7. The lowest BCUT2D eigenvalue weighted by Crippen LogP contribution is -2.59. The minimum atomic E-state index is -3.63. The van der Waals surface area contributed by atoms with Gasteiger partial charge in [-0.2, -0.15) is 5.26 Å². The van der Waals surface area contributed by atoms with Gasteiger partial charge in [-0.1, -0.05) is 12.1 Å². The van der Waals surface area contributed by atoms with Crippen LogP contribution in [0.3, 0.4) is 0 Å². The maximum absolute atomic E-state index is 13.8. The van der Waals surface area contributed by atoms with Crippen molar-refractivity contribution in [2.75, 3.05) is 27.2 Å². The summed E-state index contributed by atoms with van der Waals surface area (Å²) in [5.41, 5.74) is -0.0366. The largest absolute Gasteiger partial charge is 0.444 e. The molecule has 4 aliphatic rings. The molecule has 0 spiro atoms. The molecule has 1 aliphatic carbocycles. The van der Waals surface area contributed by atoms with Crippen LogP contribution in [0.4, 0.5) is 4.79 Å². The van der Waals surface area contributed by atoms with Gasteiger partial charge in [0.15, 0.2) is 0 Å². The monoisotopic (exact) mass is 600 g/mol. The summed E-state index contributed by atoms with van der Waals surface area (Å²) in [6.07, 6.45) is 1.35. The van der Waals surface area contributed by atoms with Gasteiger partial charge >= 0.3 is 6.09 Å². The van der Waals surface area contributed by atoms with Crippen molar-refractivity contribution in [2.45, 2.75) is 93.7 Å². The maximum Gasteiger partial charge on any atom is 0.408 e. The van der Waals surface area contributed by atoms with Gasteiger partial charge in [0, 0.05) is 39.3 Å². The number of piperazine rings is 1. The van der Waals surface area contributed by atoms with Gasteiger partial charge in [-0.05, 0) is 70.6 Å². The third kappa shape index (κ3) is 5.59. The zero-order chi connectivity index (χ0) is 30.7. The lowest BCUT2D eigenvalue weighted by molar-refractivity contribution is -0.141. The standard InChI is InChI=1S/C29H40N6O6S/c1-17(18-8-7-9-22(11-18)42(39,40)32(5)6)34-21-13-25(27(34)37)33(15-21)16-23(31-28(38)41-29(2,3)4)26(36)35-20(14-30)10-19-12-24(19)35/h7-9,11,17,19-21,23-25H,10,12-13,15-16H2,1-6H3,(H,31,38)/t17-,19-,20+,21+,23+,24+,25+/m1/s1. The van der Waals surface area contributed by atoms with Crippen LogP contribution in [0, 0.1) is 17.2 Å². The number of nitriles is 1. The first-order chi connectivity index (χ1) is 19.6. The third-order valence-electron chi connectivity index (χ3n) is 8.76. The van der Waals surface area contributed by atoms with Crippen molar-refractivity contribution in [3.8, 4) is 6.07 Å². The normalized spacial score (nSPS) is 28.4. The van der Waals surface area contributed by atoms with E-state index >= 15 is 0 Å². The molecule has 5 rings (SSSR count). The van der Waals surface area contributed by atoms with Crippen LogP contribution < -0.4 is 5.32 Å². The summed E-state index contributed by atoms with van der Waals surface area (Å²) in [5.74, 6) is -0.0930. The molecule has 3 heterocycles. The number of nitrogens with zero attached hydrogens (tertiary/aromatic N) is 5. The molecule has 4 fully saturated rings. The molecule has 2 bridgehead atoms. The Bertz CT molecular complexity index is 1420. The van der Waals surface area contributed by atoms with E-state index in [-0.39, 0.29) is 41.4 Å². The number of rotatable bonds is 8. The van der Waals surface area contributed by atoms with Gasteiger partial charge in [0.1, 0.15) is 17.7 Å². The van der Waals surface area contributed by atoms with E-state index in [1.807, 2.05) is 22.8 Å². The number of fused-ring (bicyclic) bond motifs is 3. The molecule has 12 nitrogen and oxygen atoms in total. The van der Waals surface area contributed by atoms with Crippen molar-refractivity contribution in [3.63, 3.8) is 0 Å². The predicted octanol–water partition coefficient (Wildman–Crippen LogP) is 1.69. The van der Waals surface area contributed by atoms with Crippen molar-refractivity contribution in [1.82, 2.24) is 24.3 Å². The summed E-state index contributed by atoms with van der Waals surface area (Å²) in [7, 11) is -0.669. The minimum absolute atomic E-state index is 0.0187. The Morgan fingerprint density at radius 1 is 1.21 bits per heavy atom. The van der Waals surface area contributed by atoms with Crippen LogP contribution in [0.25, 0.3) is 0 Å². The average molecular weight is 601 g/mol. The zero-order valence-electron chi connectivity index (χ0n) is 25.0. The van der Waals surface area contributed by atoms with Crippen LogP contribution in [0.15, 0.2) is 29.2 Å². The third-order valence-corrected chi connectivity index (χ3v) is 10.6. The number of hydrogen-bond donors (Lipinski definition) is 1. The average Bonchev–Trinajstić information content (AvgIpc) is 3.23. The molecule has 228 valence electrons.